The lowest BCUT2D eigenvalue weighted by Crippen LogP contribution is -2.14. The van der Waals surface area contributed by atoms with Crippen molar-refractivity contribution < 1.29 is 9.90 Å². The molecule has 3 aromatic rings. The normalized spacial score (nSPS) is 11.0. The molecule has 3 rings (SSSR count). The number of H-pyrrole nitrogens is 1. The molecule has 6 heteroatoms. The summed E-state index contributed by atoms with van der Waals surface area (Å²) >= 11 is 3.45. The van der Waals surface area contributed by atoms with Crippen LogP contribution in [0.15, 0.2) is 45.7 Å². The van der Waals surface area contributed by atoms with E-state index in [1.807, 2.05) is 25.1 Å². The molecule has 0 amide bonds. The number of aromatic nitrogens is 2. The van der Waals surface area contributed by atoms with Crippen LogP contribution < -0.4 is 5.69 Å². The molecule has 0 saturated carbocycles. The molecular weight excluding hydrogens is 336 g/mol. The summed E-state index contributed by atoms with van der Waals surface area (Å²) < 4.78 is 2.42. The highest BCUT2D eigenvalue weighted by molar-refractivity contribution is 9.10. The van der Waals surface area contributed by atoms with Crippen molar-refractivity contribution in [1.82, 2.24) is 9.55 Å². The van der Waals surface area contributed by atoms with Gasteiger partial charge in [0, 0.05) is 4.47 Å². The number of hydrogen-bond acceptors (Lipinski definition) is 2. The fourth-order valence-corrected chi connectivity index (χ4v) is 2.59. The minimum atomic E-state index is -1.02. The summed E-state index contributed by atoms with van der Waals surface area (Å²) in [4.78, 5) is 25.8. The van der Waals surface area contributed by atoms with E-state index in [1.54, 1.807) is 6.07 Å². The number of hydrogen-bond donors (Lipinski definition) is 2. The third-order valence-corrected chi connectivity index (χ3v) is 4.20. The summed E-state index contributed by atoms with van der Waals surface area (Å²) in [6.07, 6.45) is 0. The minimum Gasteiger partial charge on any atom is -0.478 e. The standard InChI is InChI=1S/C15H11BrN2O3/c1-8-2-4-10(7-11(8)16)18-13-5-3-9(14(19)20)6-12(13)17-15(18)21/h2-7H,1H3,(H,17,21)(H,19,20). The topological polar surface area (TPSA) is 75.1 Å². The summed E-state index contributed by atoms with van der Waals surface area (Å²) in [7, 11) is 0. The zero-order valence-corrected chi connectivity index (χ0v) is 12.6. The first-order chi connectivity index (χ1) is 9.97. The van der Waals surface area contributed by atoms with Crippen LogP contribution in [-0.2, 0) is 0 Å². The highest BCUT2D eigenvalue weighted by atomic mass is 79.9. The van der Waals surface area contributed by atoms with E-state index in [1.165, 1.54) is 16.7 Å². The van der Waals surface area contributed by atoms with Crippen LogP contribution in [-0.4, -0.2) is 20.6 Å². The fraction of sp³-hybridized carbons (Fsp3) is 0.0667. The molecule has 0 aliphatic heterocycles. The van der Waals surface area contributed by atoms with Crippen molar-refractivity contribution in [3.8, 4) is 5.69 Å². The monoisotopic (exact) mass is 346 g/mol. The molecule has 0 bridgehead atoms. The molecule has 2 aromatic carbocycles. The number of carbonyl (C=O) groups is 1. The molecule has 0 aliphatic rings. The third kappa shape index (κ3) is 2.27. The summed E-state index contributed by atoms with van der Waals surface area (Å²) in [5, 5.41) is 9.00. The zero-order valence-electron chi connectivity index (χ0n) is 11.1. The fourth-order valence-electron chi connectivity index (χ4n) is 2.22. The van der Waals surface area contributed by atoms with Gasteiger partial charge in [-0.25, -0.2) is 9.59 Å². The number of halogens is 1. The van der Waals surface area contributed by atoms with Crippen molar-refractivity contribution in [2.45, 2.75) is 6.92 Å². The Morgan fingerprint density at radius 1 is 1.24 bits per heavy atom. The van der Waals surface area contributed by atoms with E-state index in [0.29, 0.717) is 16.7 Å². The average molecular weight is 347 g/mol. The lowest BCUT2D eigenvalue weighted by Gasteiger charge is -2.06. The van der Waals surface area contributed by atoms with E-state index in [9.17, 15) is 9.59 Å². The largest absolute Gasteiger partial charge is 0.478 e. The Labute approximate surface area is 128 Å². The second-order valence-electron chi connectivity index (χ2n) is 4.74. The molecule has 0 unspecified atom stereocenters. The van der Waals surface area contributed by atoms with E-state index >= 15 is 0 Å². The van der Waals surface area contributed by atoms with Crippen LogP contribution >= 0.6 is 15.9 Å². The molecule has 0 spiro atoms. The van der Waals surface area contributed by atoms with Crippen LogP contribution in [0.25, 0.3) is 16.7 Å². The summed E-state index contributed by atoms with van der Waals surface area (Å²) in [5.74, 6) is -1.02. The smallest absolute Gasteiger partial charge is 0.335 e. The Morgan fingerprint density at radius 3 is 2.67 bits per heavy atom. The molecule has 5 nitrogen and oxygen atoms in total. The summed E-state index contributed by atoms with van der Waals surface area (Å²) in [5.41, 5.74) is 2.76. The zero-order chi connectivity index (χ0) is 15.1. The van der Waals surface area contributed by atoms with E-state index in [4.69, 9.17) is 5.11 Å². The number of rotatable bonds is 2. The van der Waals surface area contributed by atoms with Gasteiger partial charge in [-0.15, -0.1) is 0 Å². The number of carboxylic acids is 1. The van der Waals surface area contributed by atoms with Gasteiger partial charge in [0.15, 0.2) is 0 Å². The molecule has 0 fully saturated rings. The van der Waals surface area contributed by atoms with Gasteiger partial charge in [-0.1, -0.05) is 22.0 Å². The predicted octanol–water partition coefficient (Wildman–Crippen LogP) is 3.09. The maximum atomic E-state index is 12.2. The van der Waals surface area contributed by atoms with Crippen molar-refractivity contribution in [2.24, 2.45) is 0 Å². The van der Waals surface area contributed by atoms with Crippen molar-refractivity contribution in [2.75, 3.05) is 0 Å². The minimum absolute atomic E-state index is 0.140. The van der Waals surface area contributed by atoms with E-state index in [-0.39, 0.29) is 11.3 Å². The van der Waals surface area contributed by atoms with Gasteiger partial charge < -0.3 is 10.1 Å². The summed E-state index contributed by atoms with van der Waals surface area (Å²) in [6, 6.07) is 10.2. The average Bonchev–Trinajstić information content (AvgIpc) is 2.76. The van der Waals surface area contributed by atoms with Crippen LogP contribution in [0.2, 0.25) is 0 Å². The van der Waals surface area contributed by atoms with Crippen molar-refractivity contribution in [1.29, 1.82) is 0 Å². The molecular formula is C15H11BrN2O3. The van der Waals surface area contributed by atoms with Gasteiger partial charge >= 0.3 is 11.7 Å². The van der Waals surface area contributed by atoms with E-state index in [2.05, 4.69) is 20.9 Å². The Balaban J connectivity index is 2.27. The molecule has 1 heterocycles. The van der Waals surface area contributed by atoms with Crippen molar-refractivity contribution in [3.05, 3.63) is 62.5 Å². The maximum absolute atomic E-state index is 12.2. The highest BCUT2D eigenvalue weighted by Gasteiger charge is 2.12. The first kappa shape index (κ1) is 13.6. The second kappa shape index (κ2) is 4.89. The van der Waals surface area contributed by atoms with Gasteiger partial charge in [0.2, 0.25) is 0 Å². The first-order valence-electron chi connectivity index (χ1n) is 6.22. The van der Waals surface area contributed by atoms with Crippen LogP contribution in [0.5, 0.6) is 0 Å². The van der Waals surface area contributed by atoms with E-state index in [0.717, 1.165) is 10.0 Å². The molecule has 21 heavy (non-hydrogen) atoms. The van der Waals surface area contributed by atoms with Crippen molar-refractivity contribution >= 4 is 32.9 Å². The molecule has 2 N–H and O–H groups in total. The van der Waals surface area contributed by atoms with Gasteiger partial charge in [0.05, 0.1) is 22.3 Å². The van der Waals surface area contributed by atoms with Gasteiger partial charge in [0.1, 0.15) is 0 Å². The quantitative estimate of drug-likeness (QED) is 0.748. The lowest BCUT2D eigenvalue weighted by molar-refractivity contribution is 0.0697. The SMILES string of the molecule is Cc1ccc(-n2c(=O)[nH]c3cc(C(=O)O)ccc32)cc1Br. The summed E-state index contributed by atoms with van der Waals surface area (Å²) in [6.45, 7) is 1.96. The molecule has 0 radical (unpaired) electrons. The maximum Gasteiger partial charge on any atom is 0.335 e. The second-order valence-corrected chi connectivity index (χ2v) is 5.59. The van der Waals surface area contributed by atoms with Crippen LogP contribution in [0.3, 0.4) is 0 Å². The number of aryl methyl sites for hydroxylation is 1. The number of benzene rings is 2. The molecule has 1 aromatic heterocycles. The van der Waals surface area contributed by atoms with Gasteiger partial charge in [-0.3, -0.25) is 4.57 Å². The Kier molecular flexibility index (Phi) is 3.17. The Bertz CT molecular complexity index is 924. The molecule has 0 atom stereocenters. The van der Waals surface area contributed by atoms with E-state index < -0.39 is 5.97 Å². The molecule has 0 saturated heterocycles. The Morgan fingerprint density at radius 2 is 2.00 bits per heavy atom. The molecule has 106 valence electrons. The predicted molar refractivity (Wildman–Crippen MR) is 83.3 cm³/mol. The number of aromatic amines is 1. The number of carboxylic acid groups (broad SMARTS) is 1. The number of fused-ring (bicyclic) bond motifs is 1. The number of nitrogens with one attached hydrogen (secondary N) is 1. The van der Waals surface area contributed by atoms with Crippen LogP contribution in [0.4, 0.5) is 0 Å². The van der Waals surface area contributed by atoms with Gasteiger partial charge in [-0.2, -0.15) is 0 Å². The number of aromatic carboxylic acids is 1. The third-order valence-electron chi connectivity index (χ3n) is 3.34. The lowest BCUT2D eigenvalue weighted by atomic mass is 10.2. The van der Waals surface area contributed by atoms with Gasteiger partial charge in [-0.05, 0) is 42.8 Å². The number of nitrogens with zero attached hydrogens (tertiary/aromatic N) is 1. The van der Waals surface area contributed by atoms with Gasteiger partial charge in [0.25, 0.3) is 0 Å². The number of imidazole rings is 1. The van der Waals surface area contributed by atoms with Crippen LogP contribution in [0, 0.1) is 6.92 Å². The van der Waals surface area contributed by atoms with Crippen LogP contribution in [0.1, 0.15) is 15.9 Å². The first-order valence-corrected chi connectivity index (χ1v) is 7.01. The Hall–Kier alpha value is -2.34. The highest BCUT2D eigenvalue weighted by Crippen LogP contribution is 2.22. The molecule has 0 aliphatic carbocycles. The van der Waals surface area contributed by atoms with Crippen molar-refractivity contribution in [3.63, 3.8) is 0 Å².